The average molecular weight is 350 g/mol. The van der Waals surface area contributed by atoms with Crippen LogP contribution in [0.25, 0.3) is 0 Å². The molecule has 25 heavy (non-hydrogen) atoms. The zero-order valence-electron chi connectivity index (χ0n) is 13.8. The molecular formula is C20H18N2O2S. The molecule has 1 aliphatic heterocycles. The highest BCUT2D eigenvalue weighted by Gasteiger charge is 2.34. The van der Waals surface area contributed by atoms with Crippen molar-refractivity contribution in [1.82, 2.24) is 0 Å². The Hall–Kier alpha value is -2.79. The molecule has 126 valence electrons. The van der Waals surface area contributed by atoms with Crippen LogP contribution in [0.15, 0.2) is 66.0 Å². The van der Waals surface area contributed by atoms with E-state index in [-0.39, 0.29) is 12.1 Å². The Balaban J connectivity index is 1.78. The summed E-state index contributed by atoms with van der Waals surface area (Å²) in [4.78, 5) is 16.1. The van der Waals surface area contributed by atoms with Crippen LogP contribution in [-0.2, 0) is 0 Å². The van der Waals surface area contributed by atoms with E-state index >= 15 is 0 Å². The van der Waals surface area contributed by atoms with Gasteiger partial charge in [0.15, 0.2) is 0 Å². The Labute approximate surface area is 150 Å². The maximum atomic E-state index is 13.2. The molecule has 0 unspecified atom stereocenters. The molecule has 1 aliphatic rings. The van der Waals surface area contributed by atoms with Gasteiger partial charge in [0.1, 0.15) is 11.9 Å². The van der Waals surface area contributed by atoms with Crippen molar-refractivity contribution in [1.29, 1.82) is 0 Å². The number of ether oxygens (including phenoxy) is 1. The first-order chi connectivity index (χ1) is 12.3. The van der Waals surface area contributed by atoms with Gasteiger partial charge in [0.05, 0.1) is 12.2 Å². The lowest BCUT2D eigenvalue weighted by Gasteiger charge is -2.37. The molecule has 5 heteroatoms. The number of thiophene rings is 1. The lowest BCUT2D eigenvalue weighted by molar-refractivity contribution is 0.0975. The predicted molar refractivity (Wildman–Crippen MR) is 102 cm³/mol. The van der Waals surface area contributed by atoms with Gasteiger partial charge in [0.2, 0.25) is 0 Å². The molecule has 2 heterocycles. The van der Waals surface area contributed by atoms with Crippen LogP contribution in [0.1, 0.15) is 28.3 Å². The molecule has 0 fully saturated rings. The number of rotatable bonds is 4. The van der Waals surface area contributed by atoms with Gasteiger partial charge in [-0.25, -0.2) is 0 Å². The number of carbonyl (C=O) groups is 1. The number of carbonyl (C=O) groups excluding carboxylic acids is 1. The SMILES string of the molecule is CCOc1ccc(N2C(=O)c3ccccc3N[C@H]2c2cccs2)cc1. The highest BCUT2D eigenvalue weighted by Crippen LogP contribution is 2.38. The lowest BCUT2D eigenvalue weighted by Crippen LogP contribution is -2.42. The zero-order chi connectivity index (χ0) is 17.2. The molecular weight excluding hydrogens is 332 g/mol. The van der Waals surface area contributed by atoms with E-state index in [4.69, 9.17) is 4.74 Å². The first kappa shape index (κ1) is 15.7. The van der Waals surface area contributed by atoms with E-state index in [1.54, 1.807) is 11.3 Å². The van der Waals surface area contributed by atoms with E-state index in [1.807, 2.05) is 77.9 Å². The van der Waals surface area contributed by atoms with E-state index in [0.29, 0.717) is 12.2 Å². The zero-order valence-corrected chi connectivity index (χ0v) is 14.6. The van der Waals surface area contributed by atoms with Gasteiger partial charge in [-0.05, 0) is 54.8 Å². The molecule has 0 radical (unpaired) electrons. The summed E-state index contributed by atoms with van der Waals surface area (Å²) in [5.41, 5.74) is 2.39. The van der Waals surface area contributed by atoms with Crippen LogP contribution in [0.3, 0.4) is 0 Å². The maximum Gasteiger partial charge on any atom is 0.262 e. The Morgan fingerprint density at radius 3 is 2.60 bits per heavy atom. The van der Waals surface area contributed by atoms with Crippen molar-refractivity contribution in [2.45, 2.75) is 13.1 Å². The normalized spacial score (nSPS) is 16.3. The monoisotopic (exact) mass is 350 g/mol. The highest BCUT2D eigenvalue weighted by atomic mass is 32.1. The number of benzene rings is 2. The quantitative estimate of drug-likeness (QED) is 0.726. The minimum absolute atomic E-state index is 0.00286. The summed E-state index contributed by atoms with van der Waals surface area (Å²) in [5.74, 6) is 0.800. The first-order valence-electron chi connectivity index (χ1n) is 8.23. The summed E-state index contributed by atoms with van der Waals surface area (Å²) in [6.07, 6.45) is -0.222. The van der Waals surface area contributed by atoms with Crippen molar-refractivity contribution in [2.24, 2.45) is 0 Å². The molecule has 0 aliphatic carbocycles. The third-order valence-electron chi connectivity index (χ3n) is 4.17. The molecule has 4 rings (SSSR count). The summed E-state index contributed by atoms with van der Waals surface area (Å²) in [5, 5.41) is 5.53. The summed E-state index contributed by atoms with van der Waals surface area (Å²) < 4.78 is 5.51. The van der Waals surface area contributed by atoms with Crippen LogP contribution in [0.2, 0.25) is 0 Å². The Kier molecular flexibility index (Phi) is 4.15. The van der Waals surface area contributed by atoms with Crippen molar-refractivity contribution < 1.29 is 9.53 Å². The topological polar surface area (TPSA) is 41.6 Å². The fourth-order valence-electron chi connectivity index (χ4n) is 3.04. The molecule has 1 N–H and O–H groups in total. The van der Waals surface area contributed by atoms with Gasteiger partial charge < -0.3 is 10.1 Å². The largest absolute Gasteiger partial charge is 0.494 e. The van der Waals surface area contributed by atoms with Crippen LogP contribution in [0.5, 0.6) is 5.75 Å². The summed E-state index contributed by atoms with van der Waals surface area (Å²) >= 11 is 1.63. The molecule has 4 nitrogen and oxygen atoms in total. The number of nitrogens with zero attached hydrogens (tertiary/aromatic N) is 1. The minimum atomic E-state index is -0.222. The van der Waals surface area contributed by atoms with Crippen LogP contribution < -0.4 is 15.0 Å². The minimum Gasteiger partial charge on any atom is -0.494 e. The number of nitrogens with one attached hydrogen (secondary N) is 1. The van der Waals surface area contributed by atoms with E-state index in [9.17, 15) is 4.79 Å². The van der Waals surface area contributed by atoms with Crippen molar-refractivity contribution in [3.8, 4) is 5.75 Å². The van der Waals surface area contributed by atoms with Gasteiger partial charge >= 0.3 is 0 Å². The van der Waals surface area contributed by atoms with E-state index in [1.165, 1.54) is 0 Å². The molecule has 1 aromatic heterocycles. The molecule has 0 spiro atoms. The number of hydrogen-bond donors (Lipinski definition) is 1. The fraction of sp³-hybridized carbons (Fsp3) is 0.150. The van der Waals surface area contributed by atoms with E-state index < -0.39 is 0 Å². The summed E-state index contributed by atoms with van der Waals surface area (Å²) in [7, 11) is 0. The van der Waals surface area contributed by atoms with Crippen LogP contribution in [0, 0.1) is 0 Å². The number of fused-ring (bicyclic) bond motifs is 1. The van der Waals surface area contributed by atoms with E-state index in [2.05, 4.69) is 5.32 Å². The molecule has 2 aromatic carbocycles. The number of anilines is 2. The summed E-state index contributed by atoms with van der Waals surface area (Å²) in [6, 6.07) is 19.3. The number of hydrogen-bond acceptors (Lipinski definition) is 4. The second-order valence-corrected chi connectivity index (χ2v) is 6.69. The van der Waals surface area contributed by atoms with Gasteiger partial charge in [-0.3, -0.25) is 9.69 Å². The molecule has 1 amide bonds. The standard InChI is InChI=1S/C20H18N2O2S/c1-2-24-15-11-9-14(10-12-15)22-19(18-8-5-13-25-18)21-17-7-4-3-6-16(17)20(22)23/h3-13,19,21H,2H2,1H3/t19-/m1/s1. The summed E-state index contributed by atoms with van der Waals surface area (Å²) in [6.45, 7) is 2.57. The Morgan fingerprint density at radius 1 is 1.08 bits per heavy atom. The molecule has 0 bridgehead atoms. The number of amides is 1. The molecule has 3 aromatic rings. The number of para-hydroxylation sites is 1. The first-order valence-corrected chi connectivity index (χ1v) is 9.11. The predicted octanol–water partition coefficient (Wildman–Crippen LogP) is 4.92. The third kappa shape index (κ3) is 2.87. The Morgan fingerprint density at radius 2 is 1.88 bits per heavy atom. The van der Waals surface area contributed by atoms with Crippen LogP contribution in [0.4, 0.5) is 11.4 Å². The van der Waals surface area contributed by atoms with Gasteiger partial charge in [-0.2, -0.15) is 0 Å². The second-order valence-electron chi connectivity index (χ2n) is 5.71. The van der Waals surface area contributed by atoms with Gasteiger partial charge in [-0.15, -0.1) is 11.3 Å². The fourth-order valence-corrected chi connectivity index (χ4v) is 3.80. The molecule has 1 atom stereocenters. The van der Waals surface area contributed by atoms with Gasteiger partial charge in [0, 0.05) is 16.3 Å². The van der Waals surface area contributed by atoms with E-state index in [0.717, 1.165) is 22.0 Å². The van der Waals surface area contributed by atoms with Crippen molar-refractivity contribution >= 4 is 28.6 Å². The lowest BCUT2D eigenvalue weighted by atomic mass is 10.1. The van der Waals surface area contributed by atoms with Gasteiger partial charge in [0.25, 0.3) is 5.91 Å². The average Bonchev–Trinajstić information content (AvgIpc) is 3.17. The third-order valence-corrected chi connectivity index (χ3v) is 5.09. The smallest absolute Gasteiger partial charge is 0.262 e. The second kappa shape index (κ2) is 6.61. The molecule has 0 saturated carbocycles. The van der Waals surface area contributed by atoms with Crippen molar-refractivity contribution in [3.63, 3.8) is 0 Å². The van der Waals surface area contributed by atoms with Gasteiger partial charge in [-0.1, -0.05) is 18.2 Å². The van der Waals surface area contributed by atoms with Crippen LogP contribution >= 0.6 is 11.3 Å². The molecule has 0 saturated heterocycles. The Bertz CT molecular complexity index is 875. The highest BCUT2D eigenvalue weighted by molar-refractivity contribution is 7.10. The van der Waals surface area contributed by atoms with Crippen LogP contribution in [-0.4, -0.2) is 12.5 Å². The maximum absolute atomic E-state index is 13.2. The van der Waals surface area contributed by atoms with Crippen molar-refractivity contribution in [3.05, 3.63) is 76.5 Å². The van der Waals surface area contributed by atoms with Crippen molar-refractivity contribution in [2.75, 3.05) is 16.8 Å².